The minimum atomic E-state index is -5.58. The third-order valence-electron chi connectivity index (χ3n) is 4.93. The Hall–Kier alpha value is -3.48. The summed E-state index contributed by atoms with van der Waals surface area (Å²) in [6.07, 6.45) is -4.04. The summed E-state index contributed by atoms with van der Waals surface area (Å²) in [6.45, 7) is -0.721. The molecule has 0 aliphatic rings. The lowest BCUT2D eigenvalue weighted by atomic mass is 10.2. The number of rotatable bonds is 8. The lowest BCUT2D eigenvalue weighted by molar-refractivity contribution is 0.139. The molecule has 35 heavy (non-hydrogen) atoms. The zero-order valence-electron chi connectivity index (χ0n) is 18.0. The third-order valence-corrected chi connectivity index (χ3v) is 6.77. The number of hydrogen-bond donors (Lipinski definition) is 0. The molecule has 13 heteroatoms. The predicted molar refractivity (Wildman–Crippen MR) is 111 cm³/mol. The molecule has 3 aromatic carbocycles. The minimum Gasteiger partial charge on any atom is -0.497 e. The zero-order valence-corrected chi connectivity index (χ0v) is 18.8. The molecule has 0 heterocycles. The van der Waals surface area contributed by atoms with Gasteiger partial charge < -0.3 is 9.47 Å². The van der Waals surface area contributed by atoms with Crippen molar-refractivity contribution in [3.8, 4) is 11.5 Å². The van der Waals surface area contributed by atoms with E-state index in [1.165, 1.54) is 31.4 Å². The Balaban J connectivity index is 2.29. The smallest absolute Gasteiger partial charge is 0.268 e. The van der Waals surface area contributed by atoms with E-state index in [4.69, 9.17) is 9.47 Å². The van der Waals surface area contributed by atoms with Crippen molar-refractivity contribution in [2.24, 2.45) is 0 Å². The molecule has 188 valence electrons. The van der Waals surface area contributed by atoms with Crippen LogP contribution in [0.25, 0.3) is 0 Å². The van der Waals surface area contributed by atoms with Gasteiger partial charge in [0.05, 0.1) is 32.0 Å². The van der Waals surface area contributed by atoms with E-state index in [9.17, 15) is 39.2 Å². The van der Waals surface area contributed by atoms with Gasteiger partial charge in [0.15, 0.2) is 34.8 Å². The maximum atomic E-state index is 14.6. The molecule has 0 spiro atoms. The minimum absolute atomic E-state index is 0.174. The van der Waals surface area contributed by atoms with Gasteiger partial charge in [-0.05, 0) is 29.8 Å². The van der Waals surface area contributed by atoms with Gasteiger partial charge in [-0.2, -0.15) is 0 Å². The first kappa shape index (κ1) is 26.1. The molecule has 3 aromatic rings. The normalized spacial score (nSPS) is 11.6. The summed E-state index contributed by atoms with van der Waals surface area (Å²) in [7, 11) is -3.10. The molecule has 5 nitrogen and oxygen atoms in total. The molecule has 0 amide bonds. The van der Waals surface area contributed by atoms with E-state index >= 15 is 0 Å². The van der Waals surface area contributed by atoms with E-state index in [1.54, 1.807) is 0 Å². The molecule has 0 N–H and O–H groups in total. The van der Waals surface area contributed by atoms with E-state index < -0.39 is 68.2 Å². The highest BCUT2D eigenvalue weighted by atomic mass is 32.2. The highest BCUT2D eigenvalue weighted by molar-refractivity contribution is 7.92. The summed E-state index contributed by atoms with van der Waals surface area (Å²) in [5.41, 5.74) is -2.55. The molecule has 0 aliphatic carbocycles. The van der Waals surface area contributed by atoms with E-state index in [0.717, 1.165) is 19.2 Å². The van der Waals surface area contributed by atoms with Crippen molar-refractivity contribution in [2.75, 3.05) is 18.5 Å². The molecule has 0 saturated heterocycles. The quantitative estimate of drug-likeness (QED) is 0.215. The summed E-state index contributed by atoms with van der Waals surface area (Å²) < 4.78 is 135. The number of alkyl halides is 2. The van der Waals surface area contributed by atoms with Gasteiger partial charge in [0.25, 0.3) is 16.4 Å². The third kappa shape index (κ3) is 4.85. The molecule has 0 unspecified atom stereocenters. The molecule has 3 rings (SSSR count). The highest BCUT2D eigenvalue weighted by Crippen LogP contribution is 2.38. The highest BCUT2D eigenvalue weighted by Gasteiger charge is 2.40. The van der Waals surface area contributed by atoms with Gasteiger partial charge in [-0.15, -0.1) is 0 Å². The lowest BCUT2D eigenvalue weighted by Crippen LogP contribution is -2.33. The zero-order chi connectivity index (χ0) is 26.1. The molecular weight excluding hydrogens is 507 g/mol. The summed E-state index contributed by atoms with van der Waals surface area (Å²) in [5, 5.41) is 0. The maximum absolute atomic E-state index is 14.6. The standard InChI is InChI=1S/C22H16F7NO4S/c1-33-13-6-3-11(4-7-13)10-30(12-5-8-15(34-2)14(23)9-12)35(31,32)21-16(22(28)29)17(24)18(25)19(26)20(21)27/h3-9,22H,10H2,1-2H3. The van der Waals surface area contributed by atoms with Gasteiger partial charge in [0.1, 0.15) is 10.6 Å². The fourth-order valence-corrected chi connectivity index (χ4v) is 4.91. The van der Waals surface area contributed by atoms with Crippen LogP contribution in [0.4, 0.5) is 36.4 Å². The number of hydrogen-bond acceptors (Lipinski definition) is 4. The Morgan fingerprint density at radius 1 is 0.829 bits per heavy atom. The van der Waals surface area contributed by atoms with E-state index in [0.29, 0.717) is 11.8 Å². The summed E-state index contributed by atoms with van der Waals surface area (Å²) >= 11 is 0. The molecule has 0 atom stereocenters. The van der Waals surface area contributed by atoms with Crippen LogP contribution in [-0.4, -0.2) is 22.6 Å². The van der Waals surface area contributed by atoms with E-state index in [2.05, 4.69) is 0 Å². The Bertz CT molecular complexity index is 1350. The molecule has 0 saturated carbocycles. The summed E-state index contributed by atoms with van der Waals surface area (Å²) in [4.78, 5) is -2.12. The number of anilines is 1. The second-order valence-corrected chi connectivity index (χ2v) is 8.78. The van der Waals surface area contributed by atoms with Gasteiger partial charge in [0.2, 0.25) is 0 Å². The topological polar surface area (TPSA) is 55.8 Å². The molecule has 0 bridgehead atoms. The van der Waals surface area contributed by atoms with Crippen molar-refractivity contribution in [3.05, 3.63) is 82.7 Å². The maximum Gasteiger partial charge on any atom is 0.268 e. The summed E-state index contributed by atoms with van der Waals surface area (Å²) in [6, 6.07) is 8.18. The average Bonchev–Trinajstić information content (AvgIpc) is 2.83. The van der Waals surface area contributed by atoms with Crippen LogP contribution in [0.1, 0.15) is 17.6 Å². The van der Waals surface area contributed by atoms with Crippen molar-refractivity contribution < 1.29 is 48.6 Å². The SMILES string of the molecule is COc1ccc(CN(c2ccc(OC)c(F)c2)S(=O)(=O)c2c(F)c(F)c(F)c(F)c2C(F)F)cc1. The van der Waals surface area contributed by atoms with E-state index in [-0.39, 0.29) is 15.6 Å². The van der Waals surface area contributed by atoms with Crippen molar-refractivity contribution in [1.82, 2.24) is 0 Å². The average molecular weight is 523 g/mol. The number of benzene rings is 3. The van der Waals surface area contributed by atoms with Crippen LogP contribution < -0.4 is 13.8 Å². The van der Waals surface area contributed by atoms with Gasteiger partial charge >= 0.3 is 0 Å². The Morgan fingerprint density at radius 3 is 1.94 bits per heavy atom. The first-order chi connectivity index (χ1) is 16.4. The number of halogens is 7. The van der Waals surface area contributed by atoms with Gasteiger partial charge in [0, 0.05) is 6.07 Å². The Kier molecular flexibility index (Phi) is 7.48. The van der Waals surface area contributed by atoms with Crippen molar-refractivity contribution >= 4 is 15.7 Å². The predicted octanol–water partition coefficient (Wildman–Crippen LogP) is 5.73. The molecular formula is C22H16F7NO4S. The summed E-state index contributed by atoms with van der Waals surface area (Å²) in [5.74, 6) is -11.3. The van der Waals surface area contributed by atoms with Crippen LogP contribution >= 0.6 is 0 Å². The van der Waals surface area contributed by atoms with Crippen molar-refractivity contribution in [3.63, 3.8) is 0 Å². The van der Waals surface area contributed by atoms with Crippen molar-refractivity contribution in [2.45, 2.75) is 17.9 Å². The van der Waals surface area contributed by atoms with Crippen LogP contribution in [0.5, 0.6) is 11.5 Å². The fourth-order valence-electron chi connectivity index (χ4n) is 3.21. The number of methoxy groups -OCH3 is 2. The fraction of sp³-hybridized carbons (Fsp3) is 0.182. The van der Waals surface area contributed by atoms with Gasteiger partial charge in [-0.3, -0.25) is 4.31 Å². The van der Waals surface area contributed by atoms with Gasteiger partial charge in [-0.1, -0.05) is 12.1 Å². The van der Waals surface area contributed by atoms with Crippen LogP contribution in [0.2, 0.25) is 0 Å². The first-order valence-corrected chi connectivity index (χ1v) is 11.0. The number of sulfonamides is 1. The Labute approximate surface area is 195 Å². The number of nitrogens with zero attached hydrogens (tertiary/aromatic N) is 1. The van der Waals surface area contributed by atoms with Crippen LogP contribution in [-0.2, 0) is 16.6 Å². The molecule has 0 radical (unpaired) electrons. The van der Waals surface area contributed by atoms with Gasteiger partial charge in [-0.25, -0.2) is 39.2 Å². The second kappa shape index (κ2) is 10.0. The first-order valence-electron chi connectivity index (χ1n) is 9.57. The number of ether oxygens (including phenoxy) is 2. The molecule has 0 aromatic heterocycles. The second-order valence-electron chi connectivity index (χ2n) is 6.98. The van der Waals surface area contributed by atoms with Crippen LogP contribution in [0.15, 0.2) is 47.4 Å². The monoisotopic (exact) mass is 523 g/mol. The Morgan fingerprint density at radius 2 is 1.43 bits per heavy atom. The van der Waals surface area contributed by atoms with Crippen molar-refractivity contribution in [1.29, 1.82) is 0 Å². The van der Waals surface area contributed by atoms with Crippen LogP contribution in [0.3, 0.4) is 0 Å². The van der Waals surface area contributed by atoms with Crippen LogP contribution in [0, 0.1) is 29.1 Å². The molecule has 0 fully saturated rings. The molecule has 0 aliphatic heterocycles. The van der Waals surface area contributed by atoms with E-state index in [1.807, 2.05) is 0 Å². The largest absolute Gasteiger partial charge is 0.497 e. The lowest BCUT2D eigenvalue weighted by Gasteiger charge is -2.26.